The van der Waals surface area contributed by atoms with Crippen LogP contribution in [0.2, 0.25) is 0 Å². The fraction of sp³-hybridized carbons (Fsp3) is 0.800. The molecule has 0 heterocycles. The van der Waals surface area contributed by atoms with E-state index >= 15 is 0 Å². The summed E-state index contributed by atoms with van der Waals surface area (Å²) in [7, 11) is 0. The molecule has 2 atom stereocenters. The van der Waals surface area contributed by atoms with Crippen LogP contribution < -0.4 is 0 Å². The Morgan fingerprint density at radius 3 is 2.36 bits per heavy atom. The van der Waals surface area contributed by atoms with Crippen molar-refractivity contribution in [3.8, 4) is 0 Å². The average molecular weight is 218 g/mol. The Labute approximate surface area is 89.3 Å². The molecule has 0 spiro atoms. The molecular formula is C10H18O3S. The van der Waals surface area contributed by atoms with E-state index in [9.17, 15) is 9.59 Å². The van der Waals surface area contributed by atoms with E-state index in [-0.39, 0.29) is 10.4 Å². The molecule has 4 heteroatoms. The first-order valence-corrected chi connectivity index (χ1v) is 5.77. The average Bonchev–Trinajstić information content (AvgIpc) is 2.02. The molecule has 0 aromatic carbocycles. The largest absolute Gasteiger partial charge is 0.481 e. The molecule has 0 saturated heterocycles. The Hall–Kier alpha value is -0.510. The Morgan fingerprint density at radius 1 is 1.43 bits per heavy atom. The molecule has 0 aromatic rings. The second kappa shape index (κ2) is 6.87. The number of hydrogen-bond donors (Lipinski definition) is 1. The lowest BCUT2D eigenvalue weighted by atomic mass is 9.99. The summed E-state index contributed by atoms with van der Waals surface area (Å²) in [6.45, 7) is 5.31. The van der Waals surface area contributed by atoms with E-state index in [1.165, 1.54) is 6.92 Å². The molecular weight excluding hydrogens is 200 g/mol. The van der Waals surface area contributed by atoms with Crippen LogP contribution in [-0.2, 0) is 9.59 Å². The molecule has 1 N–H and O–H groups in total. The second-order valence-electron chi connectivity index (χ2n) is 3.40. The number of carbonyl (C=O) groups excluding carboxylic acids is 1. The van der Waals surface area contributed by atoms with E-state index in [0.717, 1.165) is 24.6 Å². The van der Waals surface area contributed by atoms with Gasteiger partial charge in [-0.15, -0.1) is 0 Å². The van der Waals surface area contributed by atoms with Crippen molar-refractivity contribution in [2.24, 2.45) is 5.92 Å². The first-order chi connectivity index (χ1) is 6.49. The maximum Gasteiger partial charge on any atom is 0.307 e. The van der Waals surface area contributed by atoms with Crippen molar-refractivity contribution in [2.75, 3.05) is 0 Å². The van der Waals surface area contributed by atoms with Gasteiger partial charge in [0, 0.05) is 12.2 Å². The molecule has 0 aliphatic heterocycles. The summed E-state index contributed by atoms with van der Waals surface area (Å²) in [4.78, 5) is 21.7. The van der Waals surface area contributed by atoms with Crippen LogP contribution >= 0.6 is 11.8 Å². The SMILES string of the molecule is CCCC[C@@H](C(=O)O)[C@@H](C)SC(C)=O. The summed E-state index contributed by atoms with van der Waals surface area (Å²) in [6, 6.07) is 0. The molecule has 0 aromatic heterocycles. The van der Waals surface area contributed by atoms with Gasteiger partial charge in [-0.1, -0.05) is 38.5 Å². The highest BCUT2D eigenvalue weighted by molar-refractivity contribution is 8.14. The smallest absolute Gasteiger partial charge is 0.307 e. The molecule has 0 rings (SSSR count). The fourth-order valence-corrected chi connectivity index (χ4v) is 2.27. The quantitative estimate of drug-likeness (QED) is 0.744. The summed E-state index contributed by atoms with van der Waals surface area (Å²) in [6.07, 6.45) is 2.55. The Morgan fingerprint density at radius 2 is 2.00 bits per heavy atom. The Balaban J connectivity index is 4.18. The zero-order chi connectivity index (χ0) is 11.1. The second-order valence-corrected chi connectivity index (χ2v) is 4.96. The van der Waals surface area contributed by atoms with Gasteiger partial charge in [-0.25, -0.2) is 0 Å². The number of carboxylic acid groups (broad SMARTS) is 1. The van der Waals surface area contributed by atoms with E-state index in [4.69, 9.17) is 5.11 Å². The van der Waals surface area contributed by atoms with Crippen LogP contribution in [0.5, 0.6) is 0 Å². The molecule has 0 bridgehead atoms. The molecule has 0 unspecified atom stereocenters. The number of carbonyl (C=O) groups is 2. The third kappa shape index (κ3) is 5.27. The first-order valence-electron chi connectivity index (χ1n) is 4.89. The molecule has 0 fully saturated rings. The summed E-state index contributed by atoms with van der Waals surface area (Å²) in [5.41, 5.74) is 0. The fourth-order valence-electron chi connectivity index (χ4n) is 1.33. The lowest BCUT2D eigenvalue weighted by Crippen LogP contribution is -2.24. The van der Waals surface area contributed by atoms with Gasteiger partial charge in [0.1, 0.15) is 0 Å². The van der Waals surface area contributed by atoms with Crippen molar-refractivity contribution in [1.29, 1.82) is 0 Å². The van der Waals surface area contributed by atoms with Crippen LogP contribution in [0.4, 0.5) is 0 Å². The summed E-state index contributed by atoms with van der Waals surface area (Å²) in [5, 5.41) is 8.82. The molecule has 3 nitrogen and oxygen atoms in total. The van der Waals surface area contributed by atoms with Crippen molar-refractivity contribution in [2.45, 2.75) is 45.3 Å². The lowest BCUT2D eigenvalue weighted by Gasteiger charge is -2.17. The van der Waals surface area contributed by atoms with Gasteiger partial charge < -0.3 is 5.11 Å². The van der Waals surface area contributed by atoms with Crippen molar-refractivity contribution >= 4 is 22.8 Å². The van der Waals surface area contributed by atoms with Gasteiger partial charge in [0.25, 0.3) is 0 Å². The Kier molecular flexibility index (Phi) is 6.62. The van der Waals surface area contributed by atoms with Crippen LogP contribution in [0.15, 0.2) is 0 Å². The molecule has 82 valence electrons. The van der Waals surface area contributed by atoms with Gasteiger partial charge in [0.2, 0.25) is 0 Å². The number of rotatable bonds is 6. The van der Waals surface area contributed by atoms with Gasteiger partial charge in [0.05, 0.1) is 5.92 Å². The summed E-state index contributed by atoms with van der Waals surface area (Å²) < 4.78 is 0. The van der Waals surface area contributed by atoms with Crippen molar-refractivity contribution < 1.29 is 14.7 Å². The van der Waals surface area contributed by atoms with E-state index in [1.807, 2.05) is 6.92 Å². The van der Waals surface area contributed by atoms with Crippen molar-refractivity contribution in [1.82, 2.24) is 0 Å². The van der Waals surface area contributed by atoms with Gasteiger partial charge in [-0.2, -0.15) is 0 Å². The normalized spacial score (nSPS) is 14.8. The summed E-state index contributed by atoms with van der Waals surface area (Å²) in [5.74, 6) is -1.19. The van der Waals surface area contributed by atoms with Gasteiger partial charge in [-0.3, -0.25) is 9.59 Å². The van der Waals surface area contributed by atoms with E-state index in [1.54, 1.807) is 6.92 Å². The lowest BCUT2D eigenvalue weighted by molar-refractivity contribution is -0.141. The van der Waals surface area contributed by atoms with Crippen LogP contribution in [-0.4, -0.2) is 21.4 Å². The maximum atomic E-state index is 10.9. The Bertz CT molecular complexity index is 204. The standard InChI is InChI=1S/C10H18O3S/c1-4-5-6-9(10(12)13)7(2)14-8(3)11/h7,9H,4-6H2,1-3H3,(H,12,13)/t7-,9-/m1/s1. The molecule has 0 aliphatic carbocycles. The maximum absolute atomic E-state index is 10.9. The highest BCUT2D eigenvalue weighted by Gasteiger charge is 2.25. The highest BCUT2D eigenvalue weighted by Crippen LogP contribution is 2.24. The van der Waals surface area contributed by atoms with Crippen molar-refractivity contribution in [3.63, 3.8) is 0 Å². The molecule has 0 amide bonds. The zero-order valence-electron chi connectivity index (χ0n) is 8.95. The minimum absolute atomic E-state index is 0.0137. The number of unbranched alkanes of at least 4 members (excludes halogenated alkanes) is 1. The zero-order valence-corrected chi connectivity index (χ0v) is 9.76. The van der Waals surface area contributed by atoms with E-state index in [2.05, 4.69) is 0 Å². The van der Waals surface area contributed by atoms with Crippen molar-refractivity contribution in [3.05, 3.63) is 0 Å². The van der Waals surface area contributed by atoms with Crippen LogP contribution in [0.1, 0.15) is 40.0 Å². The van der Waals surface area contributed by atoms with Gasteiger partial charge >= 0.3 is 5.97 Å². The number of aliphatic carboxylic acids is 1. The van der Waals surface area contributed by atoms with Gasteiger partial charge in [-0.05, 0) is 6.42 Å². The first kappa shape index (κ1) is 13.5. The van der Waals surface area contributed by atoms with Crippen LogP contribution in [0, 0.1) is 5.92 Å². The molecule has 0 aliphatic rings. The van der Waals surface area contributed by atoms with E-state index < -0.39 is 11.9 Å². The number of thioether (sulfide) groups is 1. The monoisotopic (exact) mass is 218 g/mol. The highest BCUT2D eigenvalue weighted by atomic mass is 32.2. The molecule has 14 heavy (non-hydrogen) atoms. The minimum atomic E-state index is -0.792. The predicted octanol–water partition coefficient (Wildman–Crippen LogP) is 2.55. The van der Waals surface area contributed by atoms with Gasteiger partial charge in [0.15, 0.2) is 5.12 Å². The predicted molar refractivity (Wildman–Crippen MR) is 58.4 cm³/mol. The van der Waals surface area contributed by atoms with Crippen LogP contribution in [0.25, 0.3) is 0 Å². The van der Waals surface area contributed by atoms with E-state index in [0.29, 0.717) is 6.42 Å². The molecule has 0 radical (unpaired) electrons. The number of carboxylic acids is 1. The molecule has 0 saturated carbocycles. The number of hydrogen-bond acceptors (Lipinski definition) is 3. The third-order valence-corrected chi connectivity index (χ3v) is 3.14. The third-order valence-electron chi connectivity index (χ3n) is 2.10. The summed E-state index contributed by atoms with van der Waals surface area (Å²) >= 11 is 1.12. The van der Waals surface area contributed by atoms with Crippen LogP contribution in [0.3, 0.4) is 0 Å². The topological polar surface area (TPSA) is 54.4 Å². The minimum Gasteiger partial charge on any atom is -0.481 e.